The maximum absolute atomic E-state index is 12.0. The van der Waals surface area contributed by atoms with E-state index in [1.165, 1.54) is 0 Å². The Bertz CT molecular complexity index is 433. The third-order valence-corrected chi connectivity index (χ3v) is 4.50. The molecule has 19 heavy (non-hydrogen) atoms. The highest BCUT2D eigenvalue weighted by atomic mass is 35.5. The summed E-state index contributed by atoms with van der Waals surface area (Å²) in [5.74, 6) is 1.57. The number of rotatable bonds is 4. The van der Waals surface area contributed by atoms with Crippen molar-refractivity contribution in [2.24, 2.45) is 5.73 Å². The predicted molar refractivity (Wildman–Crippen MR) is 81.4 cm³/mol. The van der Waals surface area contributed by atoms with Gasteiger partial charge in [0.2, 0.25) is 5.91 Å². The van der Waals surface area contributed by atoms with E-state index < -0.39 is 0 Å². The second-order valence-corrected chi connectivity index (χ2v) is 6.26. The Kier molecular flexibility index (Phi) is 5.55. The van der Waals surface area contributed by atoms with Gasteiger partial charge in [0, 0.05) is 29.9 Å². The maximum Gasteiger partial charge on any atom is 0.232 e. The van der Waals surface area contributed by atoms with Crippen LogP contribution in [0.15, 0.2) is 24.3 Å². The first kappa shape index (κ1) is 14.7. The fraction of sp³-hybridized carbons (Fsp3) is 0.500. The van der Waals surface area contributed by atoms with Crippen molar-refractivity contribution in [1.29, 1.82) is 0 Å². The van der Waals surface area contributed by atoms with Crippen molar-refractivity contribution in [3.63, 3.8) is 0 Å². The molecule has 0 bridgehead atoms. The normalized spacial score (nSPS) is 16.6. The highest BCUT2D eigenvalue weighted by molar-refractivity contribution is 7.99. The number of benzene rings is 1. The molecule has 1 fully saturated rings. The lowest BCUT2D eigenvalue weighted by molar-refractivity contribution is -0.129. The number of amides is 1. The van der Waals surface area contributed by atoms with E-state index in [0.29, 0.717) is 5.75 Å². The summed E-state index contributed by atoms with van der Waals surface area (Å²) in [5, 5.41) is 0.745. The lowest BCUT2D eigenvalue weighted by atomic mass is 10.1. The minimum Gasteiger partial charge on any atom is -0.342 e. The summed E-state index contributed by atoms with van der Waals surface area (Å²) in [6.45, 7) is 1.61. The van der Waals surface area contributed by atoms with E-state index in [0.717, 1.165) is 42.3 Å². The summed E-state index contributed by atoms with van der Waals surface area (Å²) < 4.78 is 0. The molecule has 1 aliphatic rings. The third-order valence-electron chi connectivity index (χ3n) is 3.28. The van der Waals surface area contributed by atoms with E-state index in [1.54, 1.807) is 11.8 Å². The summed E-state index contributed by atoms with van der Waals surface area (Å²) in [6, 6.07) is 8.04. The molecule has 0 aromatic heterocycles. The van der Waals surface area contributed by atoms with Gasteiger partial charge in [-0.15, -0.1) is 11.8 Å². The van der Waals surface area contributed by atoms with Crippen molar-refractivity contribution in [3.05, 3.63) is 34.9 Å². The zero-order valence-electron chi connectivity index (χ0n) is 10.8. The van der Waals surface area contributed by atoms with E-state index in [2.05, 4.69) is 0 Å². The average Bonchev–Trinajstić information content (AvgIpc) is 2.39. The topological polar surface area (TPSA) is 46.3 Å². The number of piperidine rings is 1. The van der Waals surface area contributed by atoms with Gasteiger partial charge in [-0.25, -0.2) is 0 Å². The standard InChI is InChI=1S/C14H19ClN2OS/c15-12-3-1-2-11(8-12)9-19-10-14(18)17-6-4-13(16)5-7-17/h1-3,8,13H,4-7,9-10,16H2. The zero-order chi connectivity index (χ0) is 13.7. The third kappa shape index (κ3) is 4.71. The number of carbonyl (C=O) groups excluding carboxylic acids is 1. The minimum atomic E-state index is 0.221. The quantitative estimate of drug-likeness (QED) is 0.929. The lowest BCUT2D eigenvalue weighted by Gasteiger charge is -2.30. The van der Waals surface area contributed by atoms with Crippen LogP contribution in [0.25, 0.3) is 0 Å². The Morgan fingerprint density at radius 3 is 2.84 bits per heavy atom. The van der Waals surface area contributed by atoms with Gasteiger partial charge in [0.25, 0.3) is 0 Å². The Balaban J connectivity index is 1.72. The number of thioether (sulfide) groups is 1. The van der Waals surface area contributed by atoms with Crippen LogP contribution >= 0.6 is 23.4 Å². The fourth-order valence-electron chi connectivity index (χ4n) is 2.12. The van der Waals surface area contributed by atoms with Crippen molar-refractivity contribution < 1.29 is 4.79 Å². The zero-order valence-corrected chi connectivity index (χ0v) is 12.4. The average molecular weight is 299 g/mol. The van der Waals surface area contributed by atoms with Crippen molar-refractivity contribution in [2.75, 3.05) is 18.8 Å². The van der Waals surface area contributed by atoms with Gasteiger partial charge in [-0.05, 0) is 30.5 Å². The smallest absolute Gasteiger partial charge is 0.232 e. The van der Waals surface area contributed by atoms with Crippen molar-refractivity contribution >= 4 is 29.3 Å². The summed E-state index contributed by atoms with van der Waals surface area (Å²) >= 11 is 7.56. The van der Waals surface area contributed by atoms with Crippen LogP contribution in [0.5, 0.6) is 0 Å². The highest BCUT2D eigenvalue weighted by Crippen LogP contribution is 2.17. The van der Waals surface area contributed by atoms with Crippen LogP contribution < -0.4 is 5.73 Å². The molecular weight excluding hydrogens is 280 g/mol. The molecule has 1 aliphatic heterocycles. The van der Waals surface area contributed by atoms with Crippen LogP contribution in [-0.4, -0.2) is 35.7 Å². The molecule has 0 spiro atoms. The Morgan fingerprint density at radius 1 is 1.42 bits per heavy atom. The fourth-order valence-corrected chi connectivity index (χ4v) is 3.21. The number of likely N-dealkylation sites (tertiary alicyclic amines) is 1. The van der Waals surface area contributed by atoms with Gasteiger partial charge in [-0.3, -0.25) is 4.79 Å². The highest BCUT2D eigenvalue weighted by Gasteiger charge is 2.20. The molecule has 1 saturated heterocycles. The van der Waals surface area contributed by atoms with Gasteiger partial charge in [-0.2, -0.15) is 0 Å². The second kappa shape index (κ2) is 7.17. The van der Waals surface area contributed by atoms with Gasteiger partial charge >= 0.3 is 0 Å². The predicted octanol–water partition coefficient (Wildman–Crippen LogP) is 2.52. The van der Waals surface area contributed by atoms with Crippen LogP contribution in [0.4, 0.5) is 0 Å². The Morgan fingerprint density at radius 2 is 2.16 bits per heavy atom. The van der Waals surface area contributed by atoms with Crippen molar-refractivity contribution in [3.8, 4) is 0 Å². The first-order valence-corrected chi connectivity index (χ1v) is 8.04. The first-order chi connectivity index (χ1) is 9.15. The summed E-state index contributed by atoms with van der Waals surface area (Å²) in [7, 11) is 0. The van der Waals surface area contributed by atoms with Gasteiger partial charge < -0.3 is 10.6 Å². The van der Waals surface area contributed by atoms with E-state index in [1.807, 2.05) is 29.2 Å². The van der Waals surface area contributed by atoms with Crippen molar-refractivity contribution in [1.82, 2.24) is 4.90 Å². The maximum atomic E-state index is 12.0. The van der Waals surface area contributed by atoms with Gasteiger partial charge in [0.05, 0.1) is 5.75 Å². The number of halogens is 1. The van der Waals surface area contributed by atoms with E-state index in [9.17, 15) is 4.79 Å². The second-order valence-electron chi connectivity index (χ2n) is 4.84. The molecule has 0 radical (unpaired) electrons. The van der Waals surface area contributed by atoms with Crippen LogP contribution in [0.1, 0.15) is 18.4 Å². The van der Waals surface area contributed by atoms with Gasteiger partial charge in [0.1, 0.15) is 0 Å². The monoisotopic (exact) mass is 298 g/mol. The molecule has 1 amide bonds. The molecule has 0 unspecified atom stereocenters. The van der Waals surface area contributed by atoms with Crippen molar-refractivity contribution in [2.45, 2.75) is 24.6 Å². The SMILES string of the molecule is NC1CCN(C(=O)CSCc2cccc(Cl)c2)CC1. The molecule has 1 heterocycles. The number of hydrogen-bond acceptors (Lipinski definition) is 3. The molecule has 0 atom stereocenters. The first-order valence-electron chi connectivity index (χ1n) is 6.50. The molecular formula is C14H19ClN2OS. The minimum absolute atomic E-state index is 0.221. The lowest BCUT2D eigenvalue weighted by Crippen LogP contribution is -2.43. The molecule has 1 aromatic carbocycles. The van der Waals surface area contributed by atoms with Gasteiger partial charge in [-0.1, -0.05) is 23.7 Å². The van der Waals surface area contributed by atoms with Crippen LogP contribution in [0.3, 0.4) is 0 Å². The Hall–Kier alpha value is -0.710. The van der Waals surface area contributed by atoms with E-state index >= 15 is 0 Å². The molecule has 5 heteroatoms. The van der Waals surface area contributed by atoms with E-state index in [-0.39, 0.29) is 11.9 Å². The van der Waals surface area contributed by atoms with Crippen LogP contribution in [0.2, 0.25) is 5.02 Å². The summed E-state index contributed by atoms with van der Waals surface area (Å²) in [4.78, 5) is 13.9. The Labute approximate surface area is 123 Å². The number of carbonyl (C=O) groups is 1. The molecule has 2 N–H and O–H groups in total. The summed E-state index contributed by atoms with van der Waals surface area (Å²) in [6.07, 6.45) is 1.84. The molecule has 2 rings (SSSR count). The number of nitrogens with zero attached hydrogens (tertiary/aromatic N) is 1. The largest absolute Gasteiger partial charge is 0.342 e. The molecule has 1 aromatic rings. The molecule has 0 saturated carbocycles. The van der Waals surface area contributed by atoms with Crippen LogP contribution in [-0.2, 0) is 10.5 Å². The molecule has 0 aliphatic carbocycles. The van der Waals surface area contributed by atoms with Gasteiger partial charge in [0.15, 0.2) is 0 Å². The van der Waals surface area contributed by atoms with E-state index in [4.69, 9.17) is 17.3 Å². The molecule has 104 valence electrons. The number of hydrogen-bond donors (Lipinski definition) is 1. The van der Waals surface area contributed by atoms with Crippen LogP contribution in [0, 0.1) is 0 Å². The molecule has 3 nitrogen and oxygen atoms in total. The summed E-state index contributed by atoms with van der Waals surface area (Å²) in [5.41, 5.74) is 6.99. The number of nitrogens with two attached hydrogens (primary N) is 1.